The molecule has 0 aromatic heterocycles. The third kappa shape index (κ3) is 3.07. The Kier molecular flexibility index (Phi) is 3.79. The maximum Gasteiger partial charge on any atom is 0.0136 e. The summed E-state index contributed by atoms with van der Waals surface area (Å²) in [6, 6.07) is 10.9. The molecule has 1 fully saturated rings. The predicted octanol–water partition coefficient (Wildman–Crippen LogP) is 3.19. The number of piperidine rings is 1. The summed E-state index contributed by atoms with van der Waals surface area (Å²) in [4.78, 5) is 0. The summed E-state index contributed by atoms with van der Waals surface area (Å²) in [5.74, 6) is 1.60. The van der Waals surface area contributed by atoms with E-state index in [-0.39, 0.29) is 0 Å². The van der Waals surface area contributed by atoms with Gasteiger partial charge >= 0.3 is 0 Å². The minimum atomic E-state index is 0.703. The van der Waals surface area contributed by atoms with Gasteiger partial charge < -0.3 is 0 Å². The standard InChI is InChI=1S/C14H20N/c1-12(14-5-3-2-4-6-14)11-13-7-9-15-10-8-13/h2-6,12-13H,7-11H2,1H3. The van der Waals surface area contributed by atoms with Crippen molar-refractivity contribution in [3.05, 3.63) is 35.9 Å². The molecule has 1 atom stereocenters. The normalized spacial score (nSPS) is 20.1. The van der Waals surface area contributed by atoms with Crippen LogP contribution in [-0.4, -0.2) is 13.1 Å². The van der Waals surface area contributed by atoms with E-state index in [1.807, 2.05) is 0 Å². The number of hydrogen-bond donors (Lipinski definition) is 0. The van der Waals surface area contributed by atoms with Crippen molar-refractivity contribution in [2.45, 2.75) is 32.1 Å². The fourth-order valence-corrected chi connectivity index (χ4v) is 2.46. The maximum atomic E-state index is 4.41. The molecule has 0 saturated carbocycles. The smallest absolute Gasteiger partial charge is 0.0136 e. The second-order valence-electron chi connectivity index (χ2n) is 4.66. The van der Waals surface area contributed by atoms with Gasteiger partial charge in [0.2, 0.25) is 0 Å². The van der Waals surface area contributed by atoms with Gasteiger partial charge in [0, 0.05) is 13.1 Å². The lowest BCUT2D eigenvalue weighted by Crippen LogP contribution is -2.23. The van der Waals surface area contributed by atoms with Crippen LogP contribution in [0.3, 0.4) is 0 Å². The van der Waals surface area contributed by atoms with Crippen LogP contribution >= 0.6 is 0 Å². The van der Waals surface area contributed by atoms with E-state index in [0.717, 1.165) is 19.0 Å². The quantitative estimate of drug-likeness (QED) is 0.714. The van der Waals surface area contributed by atoms with Gasteiger partial charge in [0.25, 0.3) is 0 Å². The molecule has 1 nitrogen and oxygen atoms in total. The van der Waals surface area contributed by atoms with Crippen LogP contribution in [-0.2, 0) is 0 Å². The first-order valence-corrected chi connectivity index (χ1v) is 6.04. The SMILES string of the molecule is CC(CC1CC[N]CC1)c1ccccc1. The van der Waals surface area contributed by atoms with Gasteiger partial charge in [0.1, 0.15) is 0 Å². The van der Waals surface area contributed by atoms with Crippen LogP contribution in [0.4, 0.5) is 0 Å². The highest BCUT2D eigenvalue weighted by Gasteiger charge is 2.17. The van der Waals surface area contributed by atoms with Crippen molar-refractivity contribution in [3.63, 3.8) is 0 Å². The highest BCUT2D eigenvalue weighted by Crippen LogP contribution is 2.27. The van der Waals surface area contributed by atoms with E-state index in [1.165, 1.54) is 24.8 Å². The highest BCUT2D eigenvalue weighted by molar-refractivity contribution is 5.18. The first kappa shape index (κ1) is 10.7. The van der Waals surface area contributed by atoms with Crippen LogP contribution < -0.4 is 5.32 Å². The average molecular weight is 202 g/mol. The Hall–Kier alpha value is -0.820. The fraction of sp³-hybridized carbons (Fsp3) is 0.571. The van der Waals surface area contributed by atoms with Crippen molar-refractivity contribution in [1.29, 1.82) is 0 Å². The second kappa shape index (κ2) is 5.32. The van der Waals surface area contributed by atoms with Crippen LogP contribution in [0.25, 0.3) is 0 Å². The van der Waals surface area contributed by atoms with E-state index < -0.39 is 0 Å². The Morgan fingerprint density at radius 1 is 1.20 bits per heavy atom. The minimum Gasteiger partial charge on any atom is -0.242 e. The molecule has 1 heterocycles. The highest BCUT2D eigenvalue weighted by atomic mass is 14.9. The number of benzene rings is 1. The molecule has 1 aromatic carbocycles. The molecule has 2 rings (SSSR count). The average Bonchev–Trinajstić information content (AvgIpc) is 2.31. The number of rotatable bonds is 3. The molecule has 1 aliphatic rings. The minimum absolute atomic E-state index is 0.703. The zero-order valence-electron chi connectivity index (χ0n) is 9.52. The number of nitrogens with zero attached hydrogens (tertiary/aromatic N) is 1. The van der Waals surface area contributed by atoms with Crippen molar-refractivity contribution in [2.75, 3.05) is 13.1 Å². The van der Waals surface area contributed by atoms with E-state index in [9.17, 15) is 0 Å². The lowest BCUT2D eigenvalue weighted by Gasteiger charge is -2.24. The Morgan fingerprint density at radius 2 is 1.87 bits per heavy atom. The van der Waals surface area contributed by atoms with Crippen molar-refractivity contribution in [3.8, 4) is 0 Å². The van der Waals surface area contributed by atoms with Crippen LogP contribution in [0.15, 0.2) is 30.3 Å². The van der Waals surface area contributed by atoms with Gasteiger partial charge in [-0.2, -0.15) is 0 Å². The Bertz CT molecular complexity index is 275. The zero-order valence-corrected chi connectivity index (χ0v) is 9.52. The number of hydrogen-bond acceptors (Lipinski definition) is 0. The molecule has 15 heavy (non-hydrogen) atoms. The third-order valence-corrected chi connectivity index (χ3v) is 3.45. The van der Waals surface area contributed by atoms with Crippen molar-refractivity contribution in [1.82, 2.24) is 5.32 Å². The van der Waals surface area contributed by atoms with Crippen LogP contribution in [0.2, 0.25) is 0 Å². The van der Waals surface area contributed by atoms with E-state index in [1.54, 1.807) is 0 Å². The summed E-state index contributed by atoms with van der Waals surface area (Å²) in [6.07, 6.45) is 3.94. The molecule has 81 valence electrons. The molecule has 1 aliphatic heterocycles. The summed E-state index contributed by atoms with van der Waals surface area (Å²) in [5, 5.41) is 4.41. The van der Waals surface area contributed by atoms with Gasteiger partial charge in [-0.05, 0) is 36.7 Å². The van der Waals surface area contributed by atoms with Crippen LogP contribution in [0, 0.1) is 5.92 Å². The molecule has 1 radical (unpaired) electrons. The monoisotopic (exact) mass is 202 g/mol. The van der Waals surface area contributed by atoms with Crippen molar-refractivity contribution in [2.24, 2.45) is 5.92 Å². The summed E-state index contributed by atoms with van der Waals surface area (Å²) in [6.45, 7) is 4.53. The van der Waals surface area contributed by atoms with Crippen molar-refractivity contribution >= 4 is 0 Å². The molecule has 0 aliphatic carbocycles. The largest absolute Gasteiger partial charge is 0.242 e. The summed E-state index contributed by atoms with van der Waals surface area (Å²) >= 11 is 0. The van der Waals surface area contributed by atoms with E-state index in [0.29, 0.717) is 5.92 Å². The Labute approximate surface area is 92.9 Å². The zero-order chi connectivity index (χ0) is 10.5. The van der Waals surface area contributed by atoms with Gasteiger partial charge in [0.05, 0.1) is 0 Å². The lowest BCUT2D eigenvalue weighted by atomic mass is 9.85. The molecule has 0 bridgehead atoms. The third-order valence-electron chi connectivity index (χ3n) is 3.45. The summed E-state index contributed by atoms with van der Waals surface area (Å²) in [7, 11) is 0. The van der Waals surface area contributed by atoms with Crippen LogP contribution in [0.1, 0.15) is 37.7 Å². The summed E-state index contributed by atoms with van der Waals surface area (Å²) < 4.78 is 0. The molecule has 1 aromatic rings. The summed E-state index contributed by atoms with van der Waals surface area (Å²) in [5.41, 5.74) is 1.49. The maximum absolute atomic E-state index is 4.41. The second-order valence-corrected chi connectivity index (χ2v) is 4.66. The molecular weight excluding hydrogens is 182 g/mol. The predicted molar refractivity (Wildman–Crippen MR) is 64.1 cm³/mol. The van der Waals surface area contributed by atoms with E-state index >= 15 is 0 Å². The first-order chi connectivity index (χ1) is 7.36. The van der Waals surface area contributed by atoms with Gasteiger partial charge in [-0.1, -0.05) is 37.3 Å². The molecular formula is C14H20N. The van der Waals surface area contributed by atoms with Crippen LogP contribution in [0.5, 0.6) is 0 Å². The lowest BCUT2D eigenvalue weighted by molar-refractivity contribution is 0.333. The molecule has 0 spiro atoms. The van der Waals surface area contributed by atoms with Gasteiger partial charge in [-0.25, -0.2) is 5.32 Å². The molecule has 1 heteroatoms. The van der Waals surface area contributed by atoms with Gasteiger partial charge in [0.15, 0.2) is 0 Å². The van der Waals surface area contributed by atoms with E-state index in [4.69, 9.17) is 0 Å². The first-order valence-electron chi connectivity index (χ1n) is 6.04. The van der Waals surface area contributed by atoms with Gasteiger partial charge in [-0.3, -0.25) is 0 Å². The molecule has 0 N–H and O–H groups in total. The fourth-order valence-electron chi connectivity index (χ4n) is 2.46. The Morgan fingerprint density at radius 3 is 2.53 bits per heavy atom. The Balaban J connectivity index is 1.88. The molecule has 1 unspecified atom stereocenters. The topological polar surface area (TPSA) is 14.1 Å². The van der Waals surface area contributed by atoms with Crippen molar-refractivity contribution < 1.29 is 0 Å². The molecule has 0 amide bonds. The van der Waals surface area contributed by atoms with Gasteiger partial charge in [-0.15, -0.1) is 0 Å². The molecule has 1 saturated heterocycles. The van der Waals surface area contributed by atoms with E-state index in [2.05, 4.69) is 42.6 Å².